The number of benzene rings is 1. The average molecular weight is 322 g/mol. The highest BCUT2D eigenvalue weighted by molar-refractivity contribution is 9.10. The van der Waals surface area contributed by atoms with Crippen molar-refractivity contribution in [1.82, 2.24) is 4.98 Å². The molecular weight excluding hydrogens is 310 g/mol. The maximum Gasteiger partial charge on any atom is 0.283 e. The van der Waals surface area contributed by atoms with Gasteiger partial charge in [-0.2, -0.15) is 0 Å². The van der Waals surface area contributed by atoms with Crippen LogP contribution in [0.5, 0.6) is 0 Å². The van der Waals surface area contributed by atoms with E-state index in [1.165, 1.54) is 0 Å². The lowest BCUT2D eigenvalue weighted by Gasteiger charge is -2.07. The molecule has 0 atom stereocenters. The minimum Gasteiger partial charge on any atom is -0.380 e. The summed E-state index contributed by atoms with van der Waals surface area (Å²) in [5.41, 5.74) is 2.87. The number of aryl methyl sites for hydroxylation is 1. The van der Waals surface area contributed by atoms with Crippen molar-refractivity contribution in [2.24, 2.45) is 0 Å². The van der Waals surface area contributed by atoms with Crippen molar-refractivity contribution < 1.29 is 4.92 Å². The molecule has 0 aliphatic heterocycles. The molecule has 0 unspecified atom stereocenters. The average Bonchev–Trinajstić information content (AvgIpc) is 2.37. The van der Waals surface area contributed by atoms with Crippen LogP contribution in [0.4, 0.5) is 11.4 Å². The van der Waals surface area contributed by atoms with Gasteiger partial charge in [0.25, 0.3) is 5.69 Å². The van der Waals surface area contributed by atoms with Crippen LogP contribution in [0.3, 0.4) is 0 Å². The number of rotatable bonds is 4. The van der Waals surface area contributed by atoms with Crippen LogP contribution in [0.2, 0.25) is 0 Å². The van der Waals surface area contributed by atoms with Crippen LogP contribution in [0.1, 0.15) is 11.1 Å². The Hall–Kier alpha value is -1.95. The zero-order valence-corrected chi connectivity index (χ0v) is 11.8. The van der Waals surface area contributed by atoms with E-state index in [2.05, 4.69) is 26.2 Å². The van der Waals surface area contributed by atoms with Gasteiger partial charge in [0, 0.05) is 25.0 Å². The molecule has 0 spiro atoms. The smallest absolute Gasteiger partial charge is 0.283 e. The summed E-state index contributed by atoms with van der Waals surface area (Å²) in [5, 5.41) is 14.0. The predicted molar refractivity (Wildman–Crippen MR) is 77.1 cm³/mol. The first-order chi connectivity index (χ1) is 9.06. The lowest BCUT2D eigenvalue weighted by atomic mass is 10.2. The van der Waals surface area contributed by atoms with Gasteiger partial charge < -0.3 is 5.32 Å². The van der Waals surface area contributed by atoms with Crippen LogP contribution >= 0.6 is 15.9 Å². The van der Waals surface area contributed by atoms with Crippen LogP contribution in [-0.4, -0.2) is 9.91 Å². The number of nitro benzene ring substituents is 1. The van der Waals surface area contributed by atoms with Gasteiger partial charge in [-0.1, -0.05) is 6.07 Å². The predicted octanol–water partition coefficient (Wildman–Crippen LogP) is 3.67. The molecule has 0 saturated heterocycles. The fourth-order valence-electron chi connectivity index (χ4n) is 1.66. The molecule has 98 valence electrons. The molecule has 0 amide bonds. The summed E-state index contributed by atoms with van der Waals surface area (Å²) in [4.78, 5) is 14.5. The topological polar surface area (TPSA) is 68.1 Å². The molecule has 5 nitrogen and oxygen atoms in total. The molecule has 0 saturated carbocycles. The Morgan fingerprint density at radius 1 is 1.37 bits per heavy atom. The van der Waals surface area contributed by atoms with Crippen molar-refractivity contribution in [2.45, 2.75) is 13.5 Å². The first-order valence-corrected chi connectivity index (χ1v) is 6.44. The van der Waals surface area contributed by atoms with Gasteiger partial charge in [0.1, 0.15) is 0 Å². The van der Waals surface area contributed by atoms with Gasteiger partial charge in [-0.15, -0.1) is 0 Å². The highest BCUT2D eigenvalue weighted by Crippen LogP contribution is 2.25. The maximum atomic E-state index is 10.8. The minimum atomic E-state index is -0.401. The van der Waals surface area contributed by atoms with Gasteiger partial charge in [0.2, 0.25) is 0 Å². The lowest BCUT2D eigenvalue weighted by Crippen LogP contribution is -2.01. The van der Waals surface area contributed by atoms with Crippen LogP contribution in [-0.2, 0) is 6.54 Å². The fraction of sp³-hybridized carbons (Fsp3) is 0.154. The van der Waals surface area contributed by atoms with E-state index >= 15 is 0 Å². The number of nitro groups is 1. The molecule has 0 aliphatic rings. The second-order valence-corrected chi connectivity index (χ2v) is 5.00. The van der Waals surface area contributed by atoms with Crippen LogP contribution < -0.4 is 5.32 Å². The summed E-state index contributed by atoms with van der Waals surface area (Å²) in [5.74, 6) is 0. The summed E-state index contributed by atoms with van der Waals surface area (Å²) in [6, 6.07) is 7.05. The normalized spacial score (nSPS) is 10.2. The summed E-state index contributed by atoms with van der Waals surface area (Å²) in [6.07, 6.45) is 3.50. The molecule has 2 aromatic rings. The van der Waals surface area contributed by atoms with Gasteiger partial charge in [0.15, 0.2) is 0 Å². The summed E-state index contributed by atoms with van der Waals surface area (Å²) >= 11 is 3.16. The number of hydrogen-bond acceptors (Lipinski definition) is 4. The van der Waals surface area contributed by atoms with Gasteiger partial charge in [-0.25, -0.2) is 0 Å². The summed E-state index contributed by atoms with van der Waals surface area (Å²) in [7, 11) is 0. The van der Waals surface area contributed by atoms with Crippen LogP contribution in [0.15, 0.2) is 41.1 Å². The Balaban J connectivity index is 2.12. The van der Waals surface area contributed by atoms with Crippen molar-refractivity contribution in [3.05, 3.63) is 62.4 Å². The van der Waals surface area contributed by atoms with Crippen molar-refractivity contribution in [3.63, 3.8) is 0 Å². The number of anilines is 1. The van der Waals surface area contributed by atoms with Gasteiger partial charge in [-0.3, -0.25) is 15.1 Å². The third-order valence-electron chi connectivity index (χ3n) is 2.58. The zero-order chi connectivity index (χ0) is 13.8. The van der Waals surface area contributed by atoms with E-state index in [-0.39, 0.29) is 5.69 Å². The van der Waals surface area contributed by atoms with E-state index in [0.717, 1.165) is 16.8 Å². The fourth-order valence-corrected chi connectivity index (χ4v) is 2.06. The summed E-state index contributed by atoms with van der Waals surface area (Å²) < 4.78 is 0.485. The molecule has 0 fully saturated rings. The molecule has 1 aromatic carbocycles. The molecule has 0 radical (unpaired) electrons. The monoisotopic (exact) mass is 321 g/mol. The minimum absolute atomic E-state index is 0.0710. The quantitative estimate of drug-likeness (QED) is 0.689. The molecule has 1 aromatic heterocycles. The van der Waals surface area contributed by atoms with E-state index in [0.29, 0.717) is 11.0 Å². The Morgan fingerprint density at radius 3 is 2.84 bits per heavy atom. The third-order valence-corrected chi connectivity index (χ3v) is 3.25. The van der Waals surface area contributed by atoms with E-state index < -0.39 is 4.92 Å². The molecular formula is C13H12BrN3O2. The molecule has 1 heterocycles. The first-order valence-electron chi connectivity index (χ1n) is 5.64. The van der Waals surface area contributed by atoms with E-state index in [9.17, 15) is 10.1 Å². The van der Waals surface area contributed by atoms with Gasteiger partial charge in [-0.05, 0) is 46.1 Å². The van der Waals surface area contributed by atoms with E-state index in [1.807, 2.05) is 19.1 Å². The van der Waals surface area contributed by atoms with Crippen molar-refractivity contribution >= 4 is 27.3 Å². The highest BCUT2D eigenvalue weighted by atomic mass is 79.9. The molecule has 19 heavy (non-hydrogen) atoms. The number of pyridine rings is 1. The van der Waals surface area contributed by atoms with Gasteiger partial charge >= 0.3 is 0 Å². The highest BCUT2D eigenvalue weighted by Gasteiger charge is 2.11. The second kappa shape index (κ2) is 5.79. The Bertz CT molecular complexity index is 617. The molecule has 0 bridgehead atoms. The van der Waals surface area contributed by atoms with Crippen molar-refractivity contribution in [1.29, 1.82) is 0 Å². The lowest BCUT2D eigenvalue weighted by molar-refractivity contribution is -0.385. The van der Waals surface area contributed by atoms with E-state index in [4.69, 9.17) is 0 Å². The standard InChI is InChI=1S/C13H12BrN3O2/c1-9-4-11(8-15-6-9)16-7-10-2-3-12(14)13(5-10)17(18)19/h2-6,8,16H,7H2,1H3. The number of nitrogens with zero attached hydrogens (tertiary/aromatic N) is 2. The zero-order valence-electron chi connectivity index (χ0n) is 10.3. The van der Waals surface area contributed by atoms with E-state index in [1.54, 1.807) is 24.5 Å². The number of aromatic nitrogens is 1. The largest absolute Gasteiger partial charge is 0.380 e. The molecule has 2 rings (SSSR count). The van der Waals surface area contributed by atoms with Crippen LogP contribution in [0.25, 0.3) is 0 Å². The van der Waals surface area contributed by atoms with Crippen molar-refractivity contribution in [2.75, 3.05) is 5.32 Å². The number of hydrogen-bond donors (Lipinski definition) is 1. The summed E-state index contributed by atoms with van der Waals surface area (Å²) in [6.45, 7) is 2.47. The Kier molecular flexibility index (Phi) is 4.11. The molecule has 0 aliphatic carbocycles. The van der Waals surface area contributed by atoms with Gasteiger partial charge in [0.05, 0.1) is 15.1 Å². The molecule has 1 N–H and O–H groups in total. The Labute approximate surface area is 119 Å². The number of nitrogens with one attached hydrogen (secondary N) is 1. The maximum absolute atomic E-state index is 10.8. The molecule has 6 heteroatoms. The number of halogens is 1. The van der Waals surface area contributed by atoms with Crippen LogP contribution in [0, 0.1) is 17.0 Å². The SMILES string of the molecule is Cc1cncc(NCc2ccc(Br)c([N+](=O)[O-])c2)c1. The third kappa shape index (κ3) is 3.51. The second-order valence-electron chi connectivity index (χ2n) is 4.15. The van der Waals surface area contributed by atoms with Crippen molar-refractivity contribution in [3.8, 4) is 0 Å². The first kappa shape index (κ1) is 13.5. The Morgan fingerprint density at radius 2 is 2.16 bits per heavy atom.